The van der Waals surface area contributed by atoms with Gasteiger partial charge in [-0.3, -0.25) is 15.0 Å². The van der Waals surface area contributed by atoms with E-state index in [0.717, 1.165) is 0 Å². The molecule has 6 aromatic rings. The van der Waals surface area contributed by atoms with Crippen LogP contribution < -0.4 is 28.4 Å². The molecule has 3 aromatic carbocycles. The van der Waals surface area contributed by atoms with E-state index in [1.54, 1.807) is 18.6 Å². The van der Waals surface area contributed by atoms with E-state index in [1.807, 2.05) is 109 Å². The molecule has 3 aromatic heterocycles. The van der Waals surface area contributed by atoms with E-state index in [4.69, 9.17) is 57.3 Å². The first-order valence-corrected chi connectivity index (χ1v) is 26.0. The Bertz CT molecular complexity index is 2250. The zero-order valence-corrected chi connectivity index (χ0v) is 45.2. The summed E-state index contributed by atoms with van der Waals surface area (Å²) in [5.74, 6) is 5.39. The molecule has 0 aliphatic heterocycles. The van der Waals surface area contributed by atoms with Gasteiger partial charge in [-0.1, -0.05) is 101 Å². The third-order valence-corrected chi connectivity index (χ3v) is 10.9. The number of pyridine rings is 3. The van der Waals surface area contributed by atoms with Crippen molar-refractivity contribution >= 4 is 7.32 Å². The fraction of sp³-hybridized carbons (Fsp3) is 0.450. The van der Waals surface area contributed by atoms with E-state index in [2.05, 4.69) is 83.1 Å². The average Bonchev–Trinajstić information content (AvgIpc) is 3.38. The summed E-state index contributed by atoms with van der Waals surface area (Å²) in [5, 5.41) is 0. The molecule has 0 aliphatic rings. The first kappa shape index (κ1) is 56.2. The maximum Gasteiger partial charge on any atom is 0.641 e. The summed E-state index contributed by atoms with van der Waals surface area (Å²) in [6.45, 7) is 28.4. The van der Waals surface area contributed by atoms with Gasteiger partial charge in [0.05, 0.1) is 56.7 Å². The Morgan fingerprint density at radius 1 is 0.329 bits per heavy atom. The van der Waals surface area contributed by atoms with Gasteiger partial charge in [0, 0.05) is 53.5 Å². The van der Waals surface area contributed by atoms with Crippen LogP contribution in [0.5, 0.6) is 34.5 Å². The molecule has 73 heavy (non-hydrogen) atoms. The van der Waals surface area contributed by atoms with Crippen molar-refractivity contribution in [1.29, 1.82) is 0 Å². The second kappa shape index (κ2) is 28.3. The zero-order chi connectivity index (χ0) is 52.3. The van der Waals surface area contributed by atoms with Crippen LogP contribution in [0.1, 0.15) is 135 Å². The van der Waals surface area contributed by atoms with Gasteiger partial charge in [0.1, 0.15) is 52.8 Å². The molecule has 3 heterocycles. The van der Waals surface area contributed by atoms with Crippen molar-refractivity contribution in [2.45, 2.75) is 101 Å². The molecule has 0 spiro atoms. The van der Waals surface area contributed by atoms with Crippen molar-refractivity contribution in [3.63, 3.8) is 0 Å². The highest BCUT2D eigenvalue weighted by molar-refractivity contribution is 6.36. The van der Waals surface area contributed by atoms with E-state index in [9.17, 15) is 0 Å². The summed E-state index contributed by atoms with van der Waals surface area (Å²) in [4.78, 5) is 14.7. The van der Waals surface area contributed by atoms with Crippen LogP contribution in [0.3, 0.4) is 0 Å². The fourth-order valence-corrected chi connectivity index (χ4v) is 7.33. The molecule has 0 saturated heterocycles. The predicted molar refractivity (Wildman–Crippen MR) is 289 cm³/mol. The molecule has 0 fully saturated rings. The monoisotopic (exact) mass is 996 g/mol. The van der Waals surface area contributed by atoms with Crippen LogP contribution in [0.4, 0.5) is 0 Å². The Morgan fingerprint density at radius 2 is 0.589 bits per heavy atom. The third-order valence-electron chi connectivity index (χ3n) is 10.9. The maximum atomic E-state index is 7.39. The summed E-state index contributed by atoms with van der Waals surface area (Å²) in [6.07, 6.45) is 2.50. The lowest BCUT2D eigenvalue weighted by atomic mass is 9.98. The highest BCUT2D eigenvalue weighted by Crippen LogP contribution is 2.42. The molecule has 390 valence electrons. The largest absolute Gasteiger partial charge is 0.641 e. The van der Waals surface area contributed by atoms with Crippen LogP contribution >= 0.6 is 0 Å². The SMILES string of the molecule is CC(C)COc1ccc(C(OB(OC(c2ccccn2)c2ccc(OCC(C)C)cc2OCC(C)C)OC(c2ccccn2)c2ccc(OCC(C)C)cc2OCC(C)C)c2ccccn2)c(OCC(C)C)c1. The van der Waals surface area contributed by atoms with Gasteiger partial charge in [0.2, 0.25) is 0 Å². The second-order valence-corrected chi connectivity index (χ2v) is 20.9. The highest BCUT2D eigenvalue weighted by Gasteiger charge is 2.39. The van der Waals surface area contributed by atoms with Gasteiger partial charge in [-0.25, -0.2) is 0 Å². The van der Waals surface area contributed by atoms with Gasteiger partial charge in [-0.2, -0.15) is 0 Å². The van der Waals surface area contributed by atoms with E-state index in [1.165, 1.54) is 0 Å². The lowest BCUT2D eigenvalue weighted by molar-refractivity contribution is 0.0287. The quantitative estimate of drug-likeness (QED) is 0.0399. The minimum Gasteiger partial charge on any atom is -0.493 e. The number of ether oxygens (including phenoxy) is 6. The van der Waals surface area contributed by atoms with Crippen LogP contribution in [0.15, 0.2) is 128 Å². The summed E-state index contributed by atoms with van der Waals surface area (Å²) >= 11 is 0. The minimum atomic E-state index is -1.48. The van der Waals surface area contributed by atoms with Gasteiger partial charge < -0.3 is 42.4 Å². The first-order chi connectivity index (χ1) is 35.1. The molecule has 0 amide bonds. The number of hydrogen-bond donors (Lipinski definition) is 0. The standard InChI is InChI=1S/C60H78BN3O9/c1-40(2)34-65-46-22-25-49(55(31-46)68-37-43(7)8)58(52-19-13-16-28-62-52)71-61(72-59(53-20-14-17-29-63-53)50-26-23-47(66-35-41(3)4)32-56(50)69-38-44(9)10)73-60(54-21-15-18-30-64-54)51-27-24-48(67-36-42(5)6)33-57(51)70-39-45(11)12/h13-33,40-45,58-60H,34-39H2,1-12H3. The number of hydrogen-bond acceptors (Lipinski definition) is 12. The zero-order valence-electron chi connectivity index (χ0n) is 45.2. The Hall–Kier alpha value is -6.15. The Kier molecular flexibility index (Phi) is 21.8. The first-order valence-electron chi connectivity index (χ1n) is 26.0. The molecular formula is C60H78BN3O9. The number of benzene rings is 3. The van der Waals surface area contributed by atoms with Crippen LogP contribution in [0, 0.1) is 35.5 Å². The molecule has 12 nitrogen and oxygen atoms in total. The normalized spacial score (nSPS) is 12.9. The summed E-state index contributed by atoms with van der Waals surface area (Å²) in [5.41, 5.74) is 3.85. The smallest absolute Gasteiger partial charge is 0.493 e. The highest BCUT2D eigenvalue weighted by atomic mass is 16.7. The second-order valence-electron chi connectivity index (χ2n) is 20.9. The number of aromatic nitrogens is 3. The van der Waals surface area contributed by atoms with Gasteiger partial charge in [0.25, 0.3) is 0 Å². The average molecular weight is 996 g/mol. The topological polar surface area (TPSA) is 122 Å². The molecule has 0 bridgehead atoms. The molecule has 0 N–H and O–H groups in total. The van der Waals surface area contributed by atoms with Gasteiger partial charge >= 0.3 is 7.32 Å². The van der Waals surface area contributed by atoms with Crippen molar-refractivity contribution < 1.29 is 42.4 Å². The fourth-order valence-electron chi connectivity index (χ4n) is 7.33. The van der Waals surface area contributed by atoms with Crippen LogP contribution in [0.2, 0.25) is 0 Å². The summed E-state index contributed by atoms with van der Waals surface area (Å²) < 4.78 is 60.9. The number of rotatable bonds is 30. The van der Waals surface area contributed by atoms with Crippen molar-refractivity contribution in [1.82, 2.24) is 15.0 Å². The third kappa shape index (κ3) is 17.8. The van der Waals surface area contributed by atoms with Crippen molar-refractivity contribution in [3.05, 3.63) is 162 Å². The molecule has 3 atom stereocenters. The van der Waals surface area contributed by atoms with Gasteiger partial charge in [0.15, 0.2) is 0 Å². The lowest BCUT2D eigenvalue weighted by Crippen LogP contribution is -2.34. The van der Waals surface area contributed by atoms with Crippen molar-refractivity contribution in [3.8, 4) is 34.5 Å². The Morgan fingerprint density at radius 3 is 0.822 bits per heavy atom. The van der Waals surface area contributed by atoms with E-state index >= 15 is 0 Å². The van der Waals surface area contributed by atoms with Crippen LogP contribution in [0.25, 0.3) is 0 Å². The summed E-state index contributed by atoms with van der Waals surface area (Å²) in [6, 6.07) is 34.7. The predicted octanol–water partition coefficient (Wildman–Crippen LogP) is 13.8. The van der Waals surface area contributed by atoms with Crippen LogP contribution in [-0.4, -0.2) is 61.9 Å². The lowest BCUT2D eigenvalue weighted by Gasteiger charge is -2.31. The van der Waals surface area contributed by atoms with Crippen LogP contribution in [-0.2, 0) is 14.0 Å². The van der Waals surface area contributed by atoms with E-state index in [-0.39, 0.29) is 17.8 Å². The van der Waals surface area contributed by atoms with E-state index in [0.29, 0.717) is 126 Å². The molecule has 13 heteroatoms. The van der Waals surface area contributed by atoms with Crippen molar-refractivity contribution in [2.24, 2.45) is 35.5 Å². The molecule has 6 rings (SSSR count). The molecule has 3 unspecified atom stereocenters. The molecule has 0 radical (unpaired) electrons. The molecule has 0 aliphatic carbocycles. The molecular weight excluding hydrogens is 917 g/mol. The van der Waals surface area contributed by atoms with Crippen molar-refractivity contribution in [2.75, 3.05) is 39.6 Å². The Balaban J connectivity index is 1.58. The Labute approximate surface area is 435 Å². The molecule has 0 saturated carbocycles. The van der Waals surface area contributed by atoms with Gasteiger partial charge in [-0.05, 0) is 108 Å². The number of nitrogens with zero attached hydrogens (tertiary/aromatic N) is 3. The maximum absolute atomic E-state index is 7.39. The van der Waals surface area contributed by atoms with Gasteiger partial charge in [-0.15, -0.1) is 0 Å². The van der Waals surface area contributed by atoms with E-state index < -0.39 is 25.6 Å². The summed E-state index contributed by atoms with van der Waals surface area (Å²) in [7, 11) is -1.48. The minimum absolute atomic E-state index is 0.225.